The van der Waals surface area contributed by atoms with Crippen molar-refractivity contribution in [1.29, 1.82) is 0 Å². The SMILES string of the molecule is O=C(Nc1nn[nH]n1)c1ccc(CSc2nc3ccc([N+](=O)[O-])cc3[nH]2)cc1. The van der Waals surface area contributed by atoms with Gasteiger partial charge in [0.15, 0.2) is 5.16 Å². The molecule has 28 heavy (non-hydrogen) atoms. The molecule has 0 aliphatic carbocycles. The number of benzene rings is 2. The van der Waals surface area contributed by atoms with Crippen LogP contribution in [0.4, 0.5) is 11.6 Å². The topological polar surface area (TPSA) is 155 Å². The van der Waals surface area contributed by atoms with E-state index in [1.54, 1.807) is 18.2 Å². The van der Waals surface area contributed by atoms with Gasteiger partial charge in [-0.15, -0.1) is 5.10 Å². The zero-order valence-electron chi connectivity index (χ0n) is 14.1. The number of nitro benzene ring substituents is 1. The number of carbonyl (C=O) groups is 1. The van der Waals surface area contributed by atoms with Crippen LogP contribution in [-0.4, -0.2) is 41.4 Å². The predicted molar refractivity (Wildman–Crippen MR) is 101 cm³/mol. The van der Waals surface area contributed by atoms with Crippen molar-refractivity contribution in [2.24, 2.45) is 0 Å². The monoisotopic (exact) mass is 396 g/mol. The number of anilines is 1. The average molecular weight is 396 g/mol. The van der Waals surface area contributed by atoms with E-state index in [9.17, 15) is 14.9 Å². The average Bonchev–Trinajstić information content (AvgIpc) is 3.35. The molecule has 0 fully saturated rings. The number of H-pyrrole nitrogens is 2. The molecule has 0 bridgehead atoms. The first-order valence-corrected chi connectivity index (χ1v) is 8.98. The lowest BCUT2D eigenvalue weighted by Gasteiger charge is -2.03. The summed E-state index contributed by atoms with van der Waals surface area (Å²) in [5, 5.41) is 27.0. The Kier molecular flexibility index (Phi) is 4.68. The van der Waals surface area contributed by atoms with E-state index in [0.717, 1.165) is 5.56 Å². The van der Waals surface area contributed by atoms with Gasteiger partial charge in [0.2, 0.25) is 0 Å². The highest BCUT2D eigenvalue weighted by Gasteiger charge is 2.11. The fourth-order valence-electron chi connectivity index (χ4n) is 2.45. The Morgan fingerprint density at radius 1 is 1.21 bits per heavy atom. The van der Waals surface area contributed by atoms with Gasteiger partial charge in [0, 0.05) is 23.4 Å². The smallest absolute Gasteiger partial charge is 0.271 e. The molecule has 0 unspecified atom stereocenters. The van der Waals surface area contributed by atoms with Crippen LogP contribution in [0.5, 0.6) is 0 Å². The first-order chi connectivity index (χ1) is 13.6. The maximum Gasteiger partial charge on any atom is 0.271 e. The van der Waals surface area contributed by atoms with Crippen molar-refractivity contribution in [2.45, 2.75) is 10.9 Å². The van der Waals surface area contributed by atoms with E-state index in [1.807, 2.05) is 12.1 Å². The molecular formula is C16H12N8O3S. The molecule has 2 aromatic carbocycles. The summed E-state index contributed by atoms with van der Waals surface area (Å²) in [5.41, 5.74) is 2.76. The molecule has 12 heteroatoms. The second-order valence-corrected chi connectivity index (χ2v) is 6.64. The van der Waals surface area contributed by atoms with Gasteiger partial charge in [-0.3, -0.25) is 20.2 Å². The number of nitrogens with zero attached hydrogens (tertiary/aromatic N) is 5. The van der Waals surface area contributed by atoms with E-state index >= 15 is 0 Å². The first kappa shape index (κ1) is 17.6. The van der Waals surface area contributed by atoms with E-state index in [2.05, 4.69) is 35.9 Å². The van der Waals surface area contributed by atoms with Gasteiger partial charge in [-0.05, 0) is 29.0 Å². The largest absolute Gasteiger partial charge is 0.333 e. The van der Waals surface area contributed by atoms with Crippen molar-refractivity contribution in [3.05, 3.63) is 63.7 Å². The summed E-state index contributed by atoms with van der Waals surface area (Å²) in [6.07, 6.45) is 0. The van der Waals surface area contributed by atoms with E-state index in [1.165, 1.54) is 23.9 Å². The molecule has 11 nitrogen and oxygen atoms in total. The van der Waals surface area contributed by atoms with Crippen molar-refractivity contribution >= 4 is 40.3 Å². The summed E-state index contributed by atoms with van der Waals surface area (Å²) in [5.74, 6) is 0.392. The first-order valence-electron chi connectivity index (χ1n) is 7.99. The van der Waals surface area contributed by atoms with Gasteiger partial charge in [-0.1, -0.05) is 29.0 Å². The highest BCUT2D eigenvalue weighted by molar-refractivity contribution is 7.98. The molecule has 0 radical (unpaired) electrons. The van der Waals surface area contributed by atoms with Crippen LogP contribution >= 0.6 is 11.8 Å². The van der Waals surface area contributed by atoms with Crippen LogP contribution in [0.15, 0.2) is 47.6 Å². The lowest BCUT2D eigenvalue weighted by Crippen LogP contribution is -2.13. The third-order valence-corrected chi connectivity index (χ3v) is 4.76. The fourth-order valence-corrected chi connectivity index (χ4v) is 3.29. The van der Waals surface area contributed by atoms with Crippen LogP contribution in [0, 0.1) is 10.1 Å². The number of hydrogen-bond donors (Lipinski definition) is 3. The number of nitrogens with one attached hydrogen (secondary N) is 3. The Labute approximate surface area is 161 Å². The number of thioether (sulfide) groups is 1. The van der Waals surface area contributed by atoms with Gasteiger partial charge < -0.3 is 4.98 Å². The second-order valence-electron chi connectivity index (χ2n) is 5.68. The summed E-state index contributed by atoms with van der Waals surface area (Å²) >= 11 is 1.46. The van der Waals surface area contributed by atoms with Crippen molar-refractivity contribution in [3.63, 3.8) is 0 Å². The normalized spacial score (nSPS) is 10.9. The minimum atomic E-state index is -0.441. The minimum absolute atomic E-state index is 0.0161. The molecule has 140 valence electrons. The maximum atomic E-state index is 12.1. The quantitative estimate of drug-likeness (QED) is 0.255. The number of carbonyl (C=O) groups excluding carboxylic acids is 1. The van der Waals surface area contributed by atoms with Crippen LogP contribution in [0.3, 0.4) is 0 Å². The Balaban J connectivity index is 1.40. The molecule has 4 aromatic rings. The van der Waals surface area contributed by atoms with Crippen LogP contribution in [0.1, 0.15) is 15.9 Å². The Morgan fingerprint density at radius 3 is 2.75 bits per heavy atom. The van der Waals surface area contributed by atoms with E-state index < -0.39 is 4.92 Å². The van der Waals surface area contributed by atoms with Crippen molar-refractivity contribution < 1.29 is 9.72 Å². The standard InChI is InChI=1S/C16H12N8O3S/c25-14(19-15-20-22-23-21-15)10-3-1-9(2-4-10)8-28-16-17-12-6-5-11(24(26)27)7-13(12)18-16/h1-7H,8H2,(H,17,18)(H2,19,20,21,22,23,25). The number of hydrogen-bond acceptors (Lipinski definition) is 8. The molecule has 0 saturated carbocycles. The molecule has 0 spiro atoms. The van der Waals surface area contributed by atoms with Gasteiger partial charge in [-0.25, -0.2) is 4.98 Å². The van der Waals surface area contributed by atoms with Gasteiger partial charge >= 0.3 is 0 Å². The molecule has 0 atom stereocenters. The molecule has 0 aliphatic rings. The molecule has 2 aromatic heterocycles. The molecule has 1 amide bonds. The summed E-state index contributed by atoms with van der Waals surface area (Å²) < 4.78 is 0. The molecule has 0 saturated heterocycles. The molecule has 4 rings (SSSR count). The summed E-state index contributed by atoms with van der Waals surface area (Å²) in [6.45, 7) is 0. The predicted octanol–water partition coefficient (Wildman–Crippen LogP) is 2.53. The summed E-state index contributed by atoms with van der Waals surface area (Å²) in [7, 11) is 0. The second kappa shape index (κ2) is 7.44. The Bertz CT molecular complexity index is 1140. The zero-order chi connectivity index (χ0) is 19.5. The highest BCUT2D eigenvalue weighted by atomic mass is 32.2. The van der Waals surface area contributed by atoms with Gasteiger partial charge in [0.25, 0.3) is 17.5 Å². The van der Waals surface area contributed by atoms with Gasteiger partial charge in [-0.2, -0.15) is 5.21 Å². The molecule has 3 N–H and O–H groups in total. The third kappa shape index (κ3) is 3.81. The van der Waals surface area contributed by atoms with Crippen LogP contribution in [0.25, 0.3) is 11.0 Å². The Morgan fingerprint density at radius 2 is 2.04 bits per heavy atom. The van der Waals surface area contributed by atoms with Crippen molar-refractivity contribution in [1.82, 2.24) is 30.6 Å². The maximum absolute atomic E-state index is 12.1. The number of aromatic amines is 2. The van der Waals surface area contributed by atoms with Gasteiger partial charge in [0.05, 0.1) is 16.0 Å². The number of imidazole rings is 1. The number of rotatable bonds is 6. The number of fused-ring (bicyclic) bond motifs is 1. The minimum Gasteiger partial charge on any atom is -0.333 e. The van der Waals surface area contributed by atoms with Gasteiger partial charge in [0.1, 0.15) is 0 Å². The zero-order valence-corrected chi connectivity index (χ0v) is 14.9. The lowest BCUT2D eigenvalue weighted by molar-refractivity contribution is -0.384. The summed E-state index contributed by atoms with van der Waals surface area (Å²) in [6, 6.07) is 11.6. The van der Waals surface area contributed by atoms with Crippen molar-refractivity contribution in [2.75, 3.05) is 5.32 Å². The number of amides is 1. The molecule has 2 heterocycles. The van der Waals surface area contributed by atoms with Crippen LogP contribution < -0.4 is 5.32 Å². The summed E-state index contributed by atoms with van der Waals surface area (Å²) in [4.78, 5) is 30.0. The highest BCUT2D eigenvalue weighted by Crippen LogP contribution is 2.25. The fraction of sp³-hybridized carbons (Fsp3) is 0.0625. The lowest BCUT2D eigenvalue weighted by atomic mass is 10.1. The van der Waals surface area contributed by atoms with E-state index in [0.29, 0.717) is 27.5 Å². The van der Waals surface area contributed by atoms with Crippen molar-refractivity contribution in [3.8, 4) is 0 Å². The molecule has 0 aliphatic heterocycles. The van der Waals surface area contributed by atoms with E-state index in [4.69, 9.17) is 0 Å². The number of tetrazole rings is 1. The van der Waals surface area contributed by atoms with Crippen LogP contribution in [-0.2, 0) is 5.75 Å². The third-order valence-electron chi connectivity index (χ3n) is 3.82. The number of nitro groups is 1. The number of non-ortho nitro benzene ring substituents is 1. The van der Waals surface area contributed by atoms with Crippen LogP contribution in [0.2, 0.25) is 0 Å². The Hall–Kier alpha value is -3.80. The van der Waals surface area contributed by atoms with E-state index in [-0.39, 0.29) is 17.5 Å². The molecular weight excluding hydrogens is 384 g/mol. The number of aromatic nitrogens is 6.